The molecule has 0 spiro atoms. The molecule has 0 amide bonds. The Balaban J connectivity index is 1.55. The van der Waals surface area contributed by atoms with E-state index < -0.39 is 8.07 Å². The monoisotopic (exact) mass is 477 g/mol. The molecule has 7 rings (SSSR count). The molecule has 0 fully saturated rings. The van der Waals surface area contributed by atoms with Crippen molar-refractivity contribution < 1.29 is 0 Å². The van der Waals surface area contributed by atoms with Crippen LogP contribution in [0.15, 0.2) is 103 Å². The molecule has 0 aliphatic carbocycles. The van der Waals surface area contributed by atoms with Crippen molar-refractivity contribution in [2.75, 3.05) is 0 Å². The molecule has 0 atom stereocenters. The minimum Gasteiger partial charge on any atom is -0.309 e. The van der Waals surface area contributed by atoms with Crippen LogP contribution in [0.2, 0.25) is 13.1 Å². The molecule has 3 heterocycles. The number of fused-ring (bicyclic) bond motifs is 7. The SMILES string of the molecule is C[Si]1(C)c2ccccc2-c2ccc3c(c21)c1ccccc1n3-c1cccc(-c2cccnc2C#N)c1. The summed E-state index contributed by atoms with van der Waals surface area (Å²) in [6.45, 7) is 4.96. The molecule has 1 aliphatic rings. The first kappa shape index (κ1) is 20.9. The van der Waals surface area contributed by atoms with Crippen molar-refractivity contribution in [1.29, 1.82) is 5.26 Å². The third-order valence-corrected chi connectivity index (χ3v) is 11.2. The van der Waals surface area contributed by atoms with E-state index in [1.165, 1.54) is 43.3 Å². The lowest BCUT2D eigenvalue weighted by atomic mass is 10.0. The lowest BCUT2D eigenvalue weighted by Crippen LogP contribution is -2.49. The largest absolute Gasteiger partial charge is 0.309 e. The molecule has 2 aromatic heterocycles. The van der Waals surface area contributed by atoms with Gasteiger partial charge in [-0.05, 0) is 63.5 Å². The van der Waals surface area contributed by atoms with Crippen molar-refractivity contribution in [3.05, 3.63) is 109 Å². The summed E-state index contributed by atoms with van der Waals surface area (Å²) in [6.07, 6.45) is 1.67. The predicted octanol–water partition coefficient (Wildman–Crippen LogP) is 6.52. The number of nitriles is 1. The van der Waals surface area contributed by atoms with Gasteiger partial charge in [-0.15, -0.1) is 0 Å². The fourth-order valence-electron chi connectivity index (χ4n) is 6.15. The average molecular weight is 478 g/mol. The van der Waals surface area contributed by atoms with Gasteiger partial charge < -0.3 is 4.57 Å². The Morgan fingerprint density at radius 1 is 0.750 bits per heavy atom. The van der Waals surface area contributed by atoms with E-state index >= 15 is 0 Å². The van der Waals surface area contributed by atoms with Crippen molar-refractivity contribution in [3.63, 3.8) is 0 Å². The van der Waals surface area contributed by atoms with Crippen LogP contribution in [0.25, 0.3) is 49.7 Å². The molecule has 3 nitrogen and oxygen atoms in total. The highest BCUT2D eigenvalue weighted by Crippen LogP contribution is 2.38. The highest BCUT2D eigenvalue weighted by molar-refractivity contribution is 7.05. The van der Waals surface area contributed by atoms with Crippen LogP contribution < -0.4 is 10.4 Å². The topological polar surface area (TPSA) is 41.6 Å². The third-order valence-electron chi connectivity index (χ3n) is 7.68. The number of hydrogen-bond acceptors (Lipinski definition) is 2. The molecule has 170 valence electrons. The zero-order valence-corrected chi connectivity index (χ0v) is 21.2. The van der Waals surface area contributed by atoms with Crippen molar-refractivity contribution in [3.8, 4) is 34.0 Å². The average Bonchev–Trinajstić information content (AvgIpc) is 3.38. The summed E-state index contributed by atoms with van der Waals surface area (Å²) in [5, 5.41) is 15.3. The van der Waals surface area contributed by atoms with Crippen molar-refractivity contribution in [2.45, 2.75) is 13.1 Å². The van der Waals surface area contributed by atoms with Crippen LogP contribution in [-0.2, 0) is 0 Å². The summed E-state index contributed by atoms with van der Waals surface area (Å²) >= 11 is 0. The van der Waals surface area contributed by atoms with Crippen molar-refractivity contribution in [1.82, 2.24) is 9.55 Å². The Kier molecular flexibility index (Phi) is 4.36. The first-order valence-corrected chi connectivity index (χ1v) is 15.2. The molecule has 4 heteroatoms. The van der Waals surface area contributed by atoms with E-state index in [0.29, 0.717) is 5.69 Å². The highest BCUT2D eigenvalue weighted by atomic mass is 28.3. The minimum absolute atomic E-state index is 0.445. The fourth-order valence-corrected chi connectivity index (χ4v) is 9.60. The second kappa shape index (κ2) is 7.52. The van der Waals surface area contributed by atoms with Gasteiger partial charge in [0.05, 0.1) is 11.0 Å². The van der Waals surface area contributed by atoms with Crippen LogP contribution >= 0.6 is 0 Å². The quantitative estimate of drug-likeness (QED) is 0.266. The molecule has 4 aromatic carbocycles. The molecular formula is C32H23N3Si. The summed E-state index contributed by atoms with van der Waals surface area (Å²) in [7, 11) is -1.88. The van der Waals surface area contributed by atoms with Crippen LogP contribution in [0, 0.1) is 11.3 Å². The summed E-state index contributed by atoms with van der Waals surface area (Å²) in [5.41, 5.74) is 8.59. The fraction of sp³-hybridized carbons (Fsp3) is 0.0625. The molecule has 0 radical (unpaired) electrons. The Bertz CT molecular complexity index is 1890. The minimum atomic E-state index is -1.88. The predicted molar refractivity (Wildman–Crippen MR) is 151 cm³/mol. The van der Waals surface area contributed by atoms with Crippen LogP contribution in [0.3, 0.4) is 0 Å². The van der Waals surface area contributed by atoms with E-state index in [2.05, 4.69) is 114 Å². The lowest BCUT2D eigenvalue weighted by Gasteiger charge is -2.20. The van der Waals surface area contributed by atoms with Crippen molar-refractivity contribution >= 4 is 40.3 Å². The summed E-state index contributed by atoms with van der Waals surface area (Å²) in [5.74, 6) is 0. The number of pyridine rings is 1. The summed E-state index contributed by atoms with van der Waals surface area (Å²) in [6, 6.07) is 36.9. The zero-order valence-electron chi connectivity index (χ0n) is 20.2. The summed E-state index contributed by atoms with van der Waals surface area (Å²) in [4.78, 5) is 4.28. The Morgan fingerprint density at radius 2 is 1.56 bits per heavy atom. The van der Waals surface area contributed by atoms with Gasteiger partial charge in [-0.1, -0.05) is 73.8 Å². The summed E-state index contributed by atoms with van der Waals surface area (Å²) < 4.78 is 2.38. The number of nitrogens with zero attached hydrogens (tertiary/aromatic N) is 3. The maximum atomic E-state index is 9.61. The molecular weight excluding hydrogens is 454 g/mol. The van der Waals surface area contributed by atoms with E-state index in [9.17, 15) is 5.26 Å². The molecule has 0 saturated heterocycles. The number of para-hydroxylation sites is 1. The molecule has 6 aromatic rings. The molecule has 0 bridgehead atoms. The molecule has 0 N–H and O–H groups in total. The van der Waals surface area contributed by atoms with E-state index in [1.807, 2.05) is 12.1 Å². The third kappa shape index (κ3) is 2.75. The van der Waals surface area contributed by atoms with Gasteiger partial charge in [0.25, 0.3) is 0 Å². The standard InChI is InChI=1S/C32H23N3Si/c1-36(2)30-15-6-4-11-24(30)25-16-17-29-31(32(25)36)26-12-3-5-14-28(26)35(29)22-10-7-9-21(19-22)23-13-8-18-34-27(23)20-33/h3-19H,1-2H3. The Labute approximate surface area is 210 Å². The highest BCUT2D eigenvalue weighted by Gasteiger charge is 2.39. The van der Waals surface area contributed by atoms with Gasteiger partial charge in [0.15, 0.2) is 0 Å². The van der Waals surface area contributed by atoms with Crippen LogP contribution in [-0.4, -0.2) is 17.6 Å². The van der Waals surface area contributed by atoms with Gasteiger partial charge in [-0.2, -0.15) is 5.26 Å². The van der Waals surface area contributed by atoms with E-state index in [1.54, 1.807) is 6.20 Å². The number of hydrogen-bond donors (Lipinski definition) is 0. The van der Waals surface area contributed by atoms with Gasteiger partial charge in [0.2, 0.25) is 0 Å². The number of rotatable bonds is 2. The second-order valence-corrected chi connectivity index (χ2v) is 14.3. The van der Waals surface area contributed by atoms with E-state index in [0.717, 1.165) is 16.8 Å². The van der Waals surface area contributed by atoms with Gasteiger partial charge in [0.1, 0.15) is 19.8 Å². The first-order chi connectivity index (χ1) is 17.6. The second-order valence-electron chi connectivity index (χ2n) is 9.97. The van der Waals surface area contributed by atoms with Gasteiger partial charge in [-0.3, -0.25) is 0 Å². The molecule has 1 aliphatic heterocycles. The van der Waals surface area contributed by atoms with Gasteiger partial charge >= 0.3 is 0 Å². The van der Waals surface area contributed by atoms with E-state index in [4.69, 9.17) is 0 Å². The normalized spacial score (nSPS) is 13.5. The lowest BCUT2D eigenvalue weighted by molar-refractivity contribution is 1.18. The zero-order chi connectivity index (χ0) is 24.4. The van der Waals surface area contributed by atoms with Crippen LogP contribution in [0.1, 0.15) is 5.69 Å². The first-order valence-electron chi connectivity index (χ1n) is 12.2. The maximum Gasteiger partial charge on any atom is 0.148 e. The van der Waals surface area contributed by atoms with E-state index in [-0.39, 0.29) is 0 Å². The molecule has 36 heavy (non-hydrogen) atoms. The number of benzene rings is 4. The van der Waals surface area contributed by atoms with Gasteiger partial charge in [0, 0.05) is 28.2 Å². The number of aromatic nitrogens is 2. The molecule has 0 saturated carbocycles. The Morgan fingerprint density at radius 3 is 2.44 bits per heavy atom. The smallest absolute Gasteiger partial charge is 0.148 e. The maximum absolute atomic E-state index is 9.61. The van der Waals surface area contributed by atoms with Gasteiger partial charge in [-0.25, -0.2) is 4.98 Å². The van der Waals surface area contributed by atoms with Crippen molar-refractivity contribution in [2.24, 2.45) is 0 Å². The van der Waals surface area contributed by atoms with Crippen LogP contribution in [0.4, 0.5) is 0 Å². The van der Waals surface area contributed by atoms with Crippen LogP contribution in [0.5, 0.6) is 0 Å². The molecule has 0 unspecified atom stereocenters. The Hall–Kier alpha value is -4.46.